The van der Waals surface area contributed by atoms with Gasteiger partial charge in [-0.3, -0.25) is 0 Å². The molecule has 0 N–H and O–H groups in total. The molecule has 0 amide bonds. The fourth-order valence-corrected chi connectivity index (χ4v) is 10.4. The number of nitrogens with zero attached hydrogens (tertiary/aromatic N) is 2. The van der Waals surface area contributed by atoms with Crippen LogP contribution in [0.2, 0.25) is 0 Å². The van der Waals surface area contributed by atoms with Crippen LogP contribution in [-0.4, -0.2) is 4.57 Å². The van der Waals surface area contributed by atoms with Gasteiger partial charge in [0.1, 0.15) is 0 Å². The van der Waals surface area contributed by atoms with E-state index in [4.69, 9.17) is 0 Å². The van der Waals surface area contributed by atoms with Crippen LogP contribution in [0.15, 0.2) is 243 Å². The second kappa shape index (κ2) is 15.6. The number of anilines is 3. The molecule has 12 rings (SSSR count). The Kier molecular flexibility index (Phi) is 9.21. The van der Waals surface area contributed by atoms with Gasteiger partial charge in [-0.1, -0.05) is 208 Å². The molecule has 0 saturated heterocycles. The molecule has 308 valence electrons. The maximum Gasteiger partial charge on any atom is 0.0622 e. The Bertz CT molecular complexity index is 3420. The number of rotatable bonds is 7. The Labute approximate surface area is 381 Å². The highest BCUT2D eigenvalue weighted by molar-refractivity contribution is 6.17. The first-order valence-electron chi connectivity index (χ1n) is 22.6. The molecule has 0 atom stereocenters. The fourth-order valence-electron chi connectivity index (χ4n) is 10.4. The Morgan fingerprint density at radius 1 is 0.338 bits per heavy atom. The molecule has 2 nitrogen and oxygen atoms in total. The maximum absolute atomic E-state index is 2.54. The van der Waals surface area contributed by atoms with E-state index in [0.717, 1.165) is 22.7 Å². The summed E-state index contributed by atoms with van der Waals surface area (Å²) in [5, 5.41) is 3.76. The van der Waals surface area contributed by atoms with Gasteiger partial charge in [0.15, 0.2) is 0 Å². The van der Waals surface area contributed by atoms with Crippen LogP contribution in [0.25, 0.3) is 83.1 Å². The van der Waals surface area contributed by atoms with Crippen LogP contribution in [0, 0.1) is 0 Å². The highest BCUT2D eigenvalue weighted by atomic mass is 15.1. The molecular formula is C63H46N2. The van der Waals surface area contributed by atoms with Crippen LogP contribution >= 0.6 is 0 Å². The van der Waals surface area contributed by atoms with Gasteiger partial charge in [-0.15, -0.1) is 0 Å². The van der Waals surface area contributed by atoms with Gasteiger partial charge in [0.05, 0.1) is 11.2 Å². The summed E-state index contributed by atoms with van der Waals surface area (Å²) in [7, 11) is 0. The highest BCUT2D eigenvalue weighted by Crippen LogP contribution is 2.53. The van der Waals surface area contributed by atoms with Crippen LogP contribution in [-0.2, 0) is 5.41 Å². The van der Waals surface area contributed by atoms with E-state index in [1.54, 1.807) is 0 Å². The van der Waals surface area contributed by atoms with Crippen LogP contribution in [0.3, 0.4) is 0 Å². The molecule has 0 aliphatic heterocycles. The minimum Gasteiger partial charge on any atom is -0.311 e. The number of benzene rings is 10. The molecule has 65 heavy (non-hydrogen) atoms. The lowest BCUT2D eigenvalue weighted by Gasteiger charge is -2.28. The van der Waals surface area contributed by atoms with Crippen molar-refractivity contribution < 1.29 is 0 Å². The Morgan fingerprint density at radius 2 is 0.754 bits per heavy atom. The van der Waals surface area contributed by atoms with Gasteiger partial charge in [-0.05, 0) is 104 Å². The monoisotopic (exact) mass is 830 g/mol. The van der Waals surface area contributed by atoms with Gasteiger partial charge in [0.2, 0.25) is 0 Å². The summed E-state index contributed by atoms with van der Waals surface area (Å²) in [5.74, 6) is 0. The highest BCUT2D eigenvalue weighted by Gasteiger charge is 2.36. The first-order chi connectivity index (χ1) is 32.0. The van der Waals surface area contributed by atoms with E-state index in [0.29, 0.717) is 0 Å². The van der Waals surface area contributed by atoms with Crippen molar-refractivity contribution in [1.82, 2.24) is 4.57 Å². The maximum atomic E-state index is 2.54. The van der Waals surface area contributed by atoms with Crippen LogP contribution in [0.4, 0.5) is 17.1 Å². The molecule has 0 saturated carbocycles. The van der Waals surface area contributed by atoms with Gasteiger partial charge >= 0.3 is 0 Å². The molecule has 2 heteroatoms. The lowest BCUT2D eigenvalue weighted by Crippen LogP contribution is -2.20. The van der Waals surface area contributed by atoms with E-state index < -0.39 is 0 Å². The largest absolute Gasteiger partial charge is 0.311 e. The number of hydrogen-bond donors (Lipinski definition) is 0. The first kappa shape index (κ1) is 38.5. The van der Waals surface area contributed by atoms with Crippen molar-refractivity contribution in [2.75, 3.05) is 4.90 Å². The topological polar surface area (TPSA) is 8.17 Å². The summed E-state index contributed by atoms with van der Waals surface area (Å²) in [5.41, 5.74) is 20.5. The fraction of sp³-hybridized carbons (Fsp3) is 0.0476. The van der Waals surface area contributed by atoms with E-state index >= 15 is 0 Å². The average molecular weight is 831 g/mol. The van der Waals surface area contributed by atoms with Crippen LogP contribution in [0.5, 0.6) is 0 Å². The predicted molar refractivity (Wildman–Crippen MR) is 275 cm³/mol. The van der Waals surface area contributed by atoms with Crippen molar-refractivity contribution in [3.05, 3.63) is 254 Å². The summed E-state index contributed by atoms with van der Waals surface area (Å²) >= 11 is 0. The second-order valence-electron chi connectivity index (χ2n) is 17.7. The summed E-state index contributed by atoms with van der Waals surface area (Å²) in [4.78, 5) is 2.35. The molecule has 0 spiro atoms. The minimum absolute atomic E-state index is 0.191. The second-order valence-corrected chi connectivity index (χ2v) is 17.7. The quantitative estimate of drug-likeness (QED) is 0.155. The van der Waals surface area contributed by atoms with Crippen molar-refractivity contribution in [2.24, 2.45) is 0 Å². The lowest BCUT2D eigenvalue weighted by molar-refractivity contribution is 0.646. The minimum atomic E-state index is -0.191. The van der Waals surface area contributed by atoms with Gasteiger partial charge in [0.25, 0.3) is 0 Å². The first-order valence-corrected chi connectivity index (χ1v) is 22.6. The molecule has 1 aliphatic rings. The number of aromatic nitrogens is 1. The smallest absolute Gasteiger partial charge is 0.0622 e. The zero-order valence-corrected chi connectivity index (χ0v) is 36.5. The van der Waals surface area contributed by atoms with Crippen LogP contribution < -0.4 is 4.90 Å². The summed E-state index contributed by atoms with van der Waals surface area (Å²) in [6.45, 7) is 4.75. The number of fused-ring (bicyclic) bond motifs is 9. The Hall–Kier alpha value is -8.20. The van der Waals surface area contributed by atoms with Crippen molar-refractivity contribution >= 4 is 38.7 Å². The van der Waals surface area contributed by atoms with Crippen molar-refractivity contribution in [1.29, 1.82) is 0 Å². The SMILES string of the molecule is CC1(C)c2ccccc2-c2c(n(-c3ccc(-c4ccc(N(c5ccc(-c6ccccc6)cc5)c5ccc(-c6ccccc6)cc5)cc4)cc3)c3c2ccc2ccccc23)-c2ccccc21. The normalized spacial score (nSPS) is 12.6. The Balaban J connectivity index is 0.958. The molecule has 0 bridgehead atoms. The average Bonchev–Trinajstić information content (AvgIpc) is 3.70. The molecule has 0 unspecified atom stereocenters. The van der Waals surface area contributed by atoms with E-state index in [-0.39, 0.29) is 5.41 Å². The molecule has 10 aromatic carbocycles. The molecule has 1 aliphatic carbocycles. The molecule has 1 heterocycles. The number of hydrogen-bond acceptors (Lipinski definition) is 1. The summed E-state index contributed by atoms with van der Waals surface area (Å²) in [6.07, 6.45) is 0. The van der Waals surface area contributed by atoms with Gasteiger partial charge in [-0.2, -0.15) is 0 Å². The zero-order chi connectivity index (χ0) is 43.5. The summed E-state index contributed by atoms with van der Waals surface area (Å²) in [6, 6.07) is 88.7. The van der Waals surface area contributed by atoms with Crippen molar-refractivity contribution in [3.63, 3.8) is 0 Å². The third kappa shape index (κ3) is 6.49. The van der Waals surface area contributed by atoms with Gasteiger partial charge in [0, 0.05) is 50.1 Å². The van der Waals surface area contributed by atoms with E-state index in [1.807, 2.05) is 0 Å². The van der Waals surface area contributed by atoms with E-state index in [1.165, 1.54) is 88.6 Å². The molecule has 11 aromatic rings. The van der Waals surface area contributed by atoms with E-state index in [2.05, 4.69) is 266 Å². The molecular weight excluding hydrogens is 785 g/mol. The Morgan fingerprint density at radius 3 is 1.29 bits per heavy atom. The zero-order valence-electron chi connectivity index (χ0n) is 36.5. The third-order valence-electron chi connectivity index (χ3n) is 13.6. The third-order valence-corrected chi connectivity index (χ3v) is 13.6. The van der Waals surface area contributed by atoms with Gasteiger partial charge in [-0.25, -0.2) is 0 Å². The molecule has 0 radical (unpaired) electrons. The van der Waals surface area contributed by atoms with Crippen molar-refractivity contribution in [3.8, 4) is 61.5 Å². The molecule has 0 fully saturated rings. The lowest BCUT2D eigenvalue weighted by atomic mass is 9.75. The van der Waals surface area contributed by atoms with Gasteiger partial charge < -0.3 is 9.47 Å². The van der Waals surface area contributed by atoms with Crippen LogP contribution in [0.1, 0.15) is 25.0 Å². The van der Waals surface area contributed by atoms with Crippen molar-refractivity contribution in [2.45, 2.75) is 19.3 Å². The van der Waals surface area contributed by atoms with E-state index in [9.17, 15) is 0 Å². The summed E-state index contributed by atoms with van der Waals surface area (Å²) < 4.78 is 2.54. The standard InChI is InChI=1S/C63H46N2/c1-63(2)58-23-13-11-21-55(58)60-57-42-33-49-19-9-10-20-54(49)61(57)65(62(60)56-22-12-14-24-59(56)63)53-40-31-48(32-41-53)47-29-38-52(39-30-47)64(50-34-25-45(26-35-50)43-15-5-3-6-16-43)51-36-27-46(28-37-51)44-17-7-4-8-18-44/h3-42H,1-2H3. The molecule has 1 aromatic heterocycles. The predicted octanol–water partition coefficient (Wildman–Crippen LogP) is 17.2.